The molecule has 0 saturated carbocycles. The van der Waals surface area contributed by atoms with Crippen LogP contribution in [0.15, 0.2) is 57.1 Å². The molecule has 0 radical (unpaired) electrons. The Bertz CT molecular complexity index is 1050. The van der Waals surface area contributed by atoms with Gasteiger partial charge in [0.2, 0.25) is 15.9 Å². The average Bonchev–Trinajstić information content (AvgIpc) is 3.07. The van der Waals surface area contributed by atoms with Gasteiger partial charge in [-0.1, -0.05) is 12.2 Å². The second-order valence-electron chi connectivity index (χ2n) is 6.64. The molecule has 3 N–H and O–H groups in total. The highest BCUT2D eigenvalue weighted by Crippen LogP contribution is 2.35. The maximum atomic E-state index is 14.5. The molecule has 0 bridgehead atoms. The van der Waals surface area contributed by atoms with Gasteiger partial charge in [-0.2, -0.15) is 0 Å². The highest BCUT2D eigenvalue weighted by atomic mass is 32.2. The maximum Gasteiger partial charge on any atom is 0.238 e. The number of primary sulfonamides is 1. The van der Waals surface area contributed by atoms with Crippen molar-refractivity contribution in [3.63, 3.8) is 0 Å². The molecule has 0 fully saturated rings. The number of nitrogens with two attached hydrogens (primary N) is 1. The Balaban J connectivity index is 1.70. The van der Waals surface area contributed by atoms with Gasteiger partial charge in [0.1, 0.15) is 11.6 Å². The summed E-state index contributed by atoms with van der Waals surface area (Å²) in [4.78, 5) is 5.64. The summed E-state index contributed by atoms with van der Waals surface area (Å²) in [5.74, 6) is -1.44. The van der Waals surface area contributed by atoms with Gasteiger partial charge < -0.3 is 9.64 Å². The zero-order chi connectivity index (χ0) is 20.1. The summed E-state index contributed by atoms with van der Waals surface area (Å²) < 4.78 is 57.0. The molecule has 0 amide bonds. The summed E-state index contributed by atoms with van der Waals surface area (Å²) in [7, 11) is -2.67. The number of rotatable bonds is 3. The molecule has 2 heterocycles. The molecule has 28 heavy (non-hydrogen) atoms. The lowest BCUT2D eigenvalue weighted by Crippen LogP contribution is -2.42. The quantitative estimate of drug-likeness (QED) is 0.782. The van der Waals surface area contributed by atoms with Crippen molar-refractivity contribution >= 4 is 15.9 Å². The van der Waals surface area contributed by atoms with E-state index in [9.17, 15) is 17.2 Å². The van der Waals surface area contributed by atoms with E-state index in [2.05, 4.69) is 10.3 Å². The van der Waals surface area contributed by atoms with Crippen LogP contribution in [0.2, 0.25) is 0 Å². The molecule has 1 unspecified atom stereocenters. The zero-order valence-electron chi connectivity index (χ0n) is 14.9. The van der Waals surface area contributed by atoms with Crippen molar-refractivity contribution in [1.29, 1.82) is 0 Å². The molecule has 1 aromatic rings. The van der Waals surface area contributed by atoms with Crippen molar-refractivity contribution in [3.05, 3.63) is 64.4 Å². The van der Waals surface area contributed by atoms with E-state index < -0.39 is 26.6 Å². The molecule has 10 heteroatoms. The van der Waals surface area contributed by atoms with E-state index >= 15 is 0 Å². The smallest absolute Gasteiger partial charge is 0.238 e. The zero-order valence-corrected chi connectivity index (χ0v) is 15.8. The normalized spacial score (nSPS) is 21.3. The molecule has 1 atom stereocenters. The number of hydrogen-bond donors (Lipinski definition) is 2. The van der Waals surface area contributed by atoms with E-state index in [4.69, 9.17) is 9.88 Å². The van der Waals surface area contributed by atoms with Crippen LogP contribution in [0.4, 0.5) is 8.78 Å². The second-order valence-corrected chi connectivity index (χ2v) is 8.20. The van der Waals surface area contributed by atoms with Gasteiger partial charge in [-0.15, -0.1) is 0 Å². The minimum absolute atomic E-state index is 0.0887. The summed E-state index contributed by atoms with van der Waals surface area (Å²) in [6, 6.07) is 1.28. The van der Waals surface area contributed by atoms with E-state index in [-0.39, 0.29) is 18.2 Å². The number of halogens is 2. The monoisotopic (exact) mass is 408 g/mol. The minimum Gasteiger partial charge on any atom is -0.481 e. The van der Waals surface area contributed by atoms with E-state index in [1.165, 1.54) is 7.11 Å². The molecule has 0 aromatic heterocycles. The molecular weight excluding hydrogens is 390 g/mol. The number of fused-ring (bicyclic) bond motifs is 2. The van der Waals surface area contributed by atoms with Crippen molar-refractivity contribution in [2.45, 2.75) is 17.5 Å². The number of hydrogen-bond acceptors (Lipinski definition) is 6. The Hall–Kier alpha value is -2.56. The molecule has 1 aromatic carbocycles. The standard InChI is InChI=1S/C18H18F2N4O3S/c1-27-17-6-12-16(23-17)3-2-10-7-22-9-24(18(10)12)8-13-14(19)4-11(5-15(13)20)28(21,25)26/h2-6,16,22H,7-9H2,1H3,(H2,21,25,26). The molecule has 0 spiro atoms. The van der Waals surface area contributed by atoms with Gasteiger partial charge in [0.25, 0.3) is 0 Å². The number of ether oxygens (including phenoxy) is 1. The second kappa shape index (κ2) is 6.80. The van der Waals surface area contributed by atoms with Crippen LogP contribution < -0.4 is 10.5 Å². The molecule has 7 nitrogen and oxygen atoms in total. The number of nitrogens with zero attached hydrogens (tertiary/aromatic N) is 2. The molecular formula is C18H18F2N4O3S. The fourth-order valence-corrected chi connectivity index (χ4v) is 4.09. The van der Waals surface area contributed by atoms with E-state index in [0.717, 1.165) is 29.0 Å². The van der Waals surface area contributed by atoms with Gasteiger partial charge in [0.15, 0.2) is 0 Å². The Morgan fingerprint density at radius 3 is 2.71 bits per heavy atom. The number of methoxy groups -OCH3 is 1. The first-order chi connectivity index (χ1) is 13.3. The first kappa shape index (κ1) is 18.8. The molecule has 3 aliphatic rings. The molecule has 2 aliphatic heterocycles. The van der Waals surface area contributed by atoms with Gasteiger partial charge in [-0.3, -0.25) is 5.32 Å². The molecule has 4 rings (SSSR count). The lowest BCUT2D eigenvalue weighted by Gasteiger charge is -2.37. The third-order valence-electron chi connectivity index (χ3n) is 4.86. The van der Waals surface area contributed by atoms with Crippen LogP contribution in [-0.4, -0.2) is 45.6 Å². The third kappa shape index (κ3) is 3.23. The summed E-state index contributed by atoms with van der Waals surface area (Å²) in [6.45, 7) is 0.896. The largest absolute Gasteiger partial charge is 0.481 e. The van der Waals surface area contributed by atoms with Gasteiger partial charge in [0, 0.05) is 29.5 Å². The predicted octanol–water partition coefficient (Wildman–Crippen LogP) is 1.15. The van der Waals surface area contributed by atoms with Crippen molar-refractivity contribution in [2.75, 3.05) is 20.3 Å². The predicted molar refractivity (Wildman–Crippen MR) is 98.6 cm³/mol. The lowest BCUT2D eigenvalue weighted by molar-refractivity contribution is 0.286. The fraction of sp³-hybridized carbons (Fsp3) is 0.278. The fourth-order valence-electron chi connectivity index (χ4n) is 3.55. The van der Waals surface area contributed by atoms with E-state index in [0.29, 0.717) is 19.1 Å². The number of benzene rings is 1. The third-order valence-corrected chi connectivity index (χ3v) is 5.75. The van der Waals surface area contributed by atoms with Gasteiger partial charge in [0.05, 0.1) is 31.3 Å². The van der Waals surface area contributed by atoms with Gasteiger partial charge >= 0.3 is 0 Å². The maximum absolute atomic E-state index is 14.5. The van der Waals surface area contributed by atoms with Crippen LogP contribution in [0.1, 0.15) is 5.56 Å². The van der Waals surface area contributed by atoms with E-state index in [1.807, 2.05) is 18.2 Å². The van der Waals surface area contributed by atoms with Crippen molar-refractivity contribution < 1.29 is 21.9 Å². The Kier molecular flexibility index (Phi) is 4.56. The minimum atomic E-state index is -4.20. The molecule has 148 valence electrons. The Morgan fingerprint density at radius 2 is 2.07 bits per heavy atom. The number of nitrogens with one attached hydrogen (secondary N) is 1. The highest BCUT2D eigenvalue weighted by molar-refractivity contribution is 7.89. The SMILES string of the molecule is COC1=NC2C=CC3=C(C2=C1)N(Cc1c(F)cc(S(N)(=O)=O)cc1F)CNC3. The van der Waals surface area contributed by atoms with Gasteiger partial charge in [-0.05, 0) is 17.7 Å². The van der Waals surface area contributed by atoms with Crippen LogP contribution in [-0.2, 0) is 21.3 Å². The number of aliphatic imine (C=N–C) groups is 1. The van der Waals surface area contributed by atoms with Crippen molar-refractivity contribution in [2.24, 2.45) is 10.1 Å². The van der Waals surface area contributed by atoms with Crippen LogP contribution in [0.3, 0.4) is 0 Å². The molecule has 1 aliphatic carbocycles. The lowest BCUT2D eigenvalue weighted by atomic mass is 9.92. The van der Waals surface area contributed by atoms with Gasteiger partial charge in [-0.25, -0.2) is 27.3 Å². The van der Waals surface area contributed by atoms with Crippen molar-refractivity contribution in [3.8, 4) is 0 Å². The summed E-state index contributed by atoms with van der Waals surface area (Å²) in [6.07, 6.45) is 5.71. The molecule has 0 saturated heterocycles. The van der Waals surface area contributed by atoms with E-state index in [1.54, 1.807) is 4.90 Å². The highest BCUT2D eigenvalue weighted by Gasteiger charge is 2.33. The summed E-state index contributed by atoms with van der Waals surface area (Å²) >= 11 is 0. The van der Waals surface area contributed by atoms with Crippen LogP contribution in [0.5, 0.6) is 0 Å². The summed E-state index contributed by atoms with van der Waals surface area (Å²) in [5, 5.41) is 8.17. The first-order valence-corrected chi connectivity index (χ1v) is 10.0. The van der Waals surface area contributed by atoms with Crippen LogP contribution in [0.25, 0.3) is 0 Å². The average molecular weight is 408 g/mol. The Labute approximate surface area is 160 Å². The van der Waals surface area contributed by atoms with Crippen LogP contribution in [0, 0.1) is 11.6 Å². The van der Waals surface area contributed by atoms with Crippen molar-refractivity contribution in [1.82, 2.24) is 10.2 Å². The van der Waals surface area contributed by atoms with Crippen LogP contribution >= 0.6 is 0 Å². The topological polar surface area (TPSA) is 97.0 Å². The first-order valence-electron chi connectivity index (χ1n) is 8.49. The Morgan fingerprint density at radius 1 is 1.36 bits per heavy atom. The summed E-state index contributed by atoms with van der Waals surface area (Å²) in [5.41, 5.74) is 2.48. The number of sulfonamides is 1.